The molecule has 7 nitrogen and oxygen atoms in total. The van der Waals surface area contributed by atoms with E-state index in [1.165, 1.54) is 0 Å². The second kappa shape index (κ2) is 10.6. The van der Waals surface area contributed by atoms with Gasteiger partial charge in [-0.1, -0.05) is 12.1 Å². The van der Waals surface area contributed by atoms with Crippen LogP contribution in [0.5, 0.6) is 5.75 Å². The van der Waals surface area contributed by atoms with Crippen LogP contribution in [0.4, 0.5) is 0 Å². The first kappa shape index (κ1) is 22.5. The van der Waals surface area contributed by atoms with Crippen LogP contribution in [0.1, 0.15) is 18.9 Å². The van der Waals surface area contributed by atoms with Crippen molar-refractivity contribution >= 4 is 24.2 Å². The highest BCUT2D eigenvalue weighted by Crippen LogP contribution is 2.14. The molecule has 0 unspecified atom stereocenters. The van der Waals surface area contributed by atoms with Crippen LogP contribution in [0.2, 0.25) is 0 Å². The summed E-state index contributed by atoms with van der Waals surface area (Å²) >= 11 is 0. The Kier molecular flexibility index (Phi) is 8.54. The van der Waals surface area contributed by atoms with E-state index in [2.05, 4.69) is 5.32 Å². The first-order valence-electron chi connectivity index (χ1n) is 9.63. The van der Waals surface area contributed by atoms with Crippen molar-refractivity contribution in [1.82, 2.24) is 15.1 Å². The summed E-state index contributed by atoms with van der Waals surface area (Å²) in [5, 5.41) is 3.24. The molecule has 2 atom stereocenters. The lowest BCUT2D eigenvalue weighted by Gasteiger charge is -2.38. The fraction of sp³-hybridized carbons (Fsp3) is 0.600. The Bertz CT molecular complexity index is 647. The van der Waals surface area contributed by atoms with E-state index in [1.54, 1.807) is 7.11 Å². The molecule has 2 aliphatic rings. The van der Waals surface area contributed by atoms with Gasteiger partial charge in [0.05, 0.1) is 19.8 Å². The van der Waals surface area contributed by atoms with Crippen LogP contribution in [-0.4, -0.2) is 80.2 Å². The lowest BCUT2D eigenvalue weighted by Crippen LogP contribution is -2.60. The molecule has 0 saturated carbocycles. The van der Waals surface area contributed by atoms with Gasteiger partial charge in [-0.3, -0.25) is 9.59 Å². The summed E-state index contributed by atoms with van der Waals surface area (Å²) in [6.07, 6.45) is 1.08. The van der Waals surface area contributed by atoms with Crippen molar-refractivity contribution in [3.05, 3.63) is 29.8 Å². The third-order valence-electron chi connectivity index (χ3n) is 5.31. The van der Waals surface area contributed by atoms with Gasteiger partial charge in [-0.15, -0.1) is 12.4 Å². The van der Waals surface area contributed by atoms with E-state index in [0.29, 0.717) is 52.2 Å². The largest absolute Gasteiger partial charge is 0.497 e. The fourth-order valence-corrected chi connectivity index (χ4v) is 3.58. The number of benzene rings is 1. The molecule has 0 spiro atoms. The van der Waals surface area contributed by atoms with Gasteiger partial charge in [0, 0.05) is 39.1 Å². The van der Waals surface area contributed by atoms with E-state index in [9.17, 15) is 9.59 Å². The number of rotatable bonds is 5. The number of piperazine rings is 1. The molecule has 1 N–H and O–H groups in total. The van der Waals surface area contributed by atoms with E-state index in [0.717, 1.165) is 11.3 Å². The number of methoxy groups -OCH3 is 1. The first-order chi connectivity index (χ1) is 13.1. The molecule has 156 valence electrons. The average molecular weight is 412 g/mol. The smallest absolute Gasteiger partial charge is 0.242 e. The Hall–Kier alpha value is -1.83. The zero-order chi connectivity index (χ0) is 19.2. The van der Waals surface area contributed by atoms with E-state index < -0.39 is 0 Å². The topological polar surface area (TPSA) is 71.1 Å². The van der Waals surface area contributed by atoms with Crippen molar-refractivity contribution in [2.24, 2.45) is 0 Å². The maximum atomic E-state index is 12.7. The van der Waals surface area contributed by atoms with Gasteiger partial charge >= 0.3 is 0 Å². The number of nitrogens with one attached hydrogen (secondary N) is 1. The highest BCUT2D eigenvalue weighted by Gasteiger charge is 2.33. The molecule has 8 heteroatoms. The first-order valence-corrected chi connectivity index (χ1v) is 9.63. The Morgan fingerprint density at radius 1 is 1.14 bits per heavy atom. The summed E-state index contributed by atoms with van der Waals surface area (Å²) in [7, 11) is 1.64. The SMILES string of the molecule is COc1ccc(CCC(=O)N2CCN(C(=O)[C@H]3NCCO[C@@H]3C)CC2)cc1.Cl. The van der Waals surface area contributed by atoms with Crippen LogP contribution in [0, 0.1) is 0 Å². The summed E-state index contributed by atoms with van der Waals surface area (Å²) in [6, 6.07) is 7.52. The quantitative estimate of drug-likeness (QED) is 0.785. The monoisotopic (exact) mass is 411 g/mol. The molecular weight excluding hydrogens is 382 g/mol. The predicted octanol–water partition coefficient (Wildman–Crippen LogP) is 1.10. The molecule has 2 fully saturated rings. The Balaban J connectivity index is 0.00000280. The molecule has 2 heterocycles. The van der Waals surface area contributed by atoms with Crippen molar-refractivity contribution in [3.63, 3.8) is 0 Å². The second-order valence-corrected chi connectivity index (χ2v) is 7.06. The summed E-state index contributed by atoms with van der Waals surface area (Å²) in [6.45, 7) is 5.61. The minimum absolute atomic E-state index is 0. The van der Waals surface area contributed by atoms with Crippen LogP contribution in [-0.2, 0) is 20.7 Å². The molecule has 28 heavy (non-hydrogen) atoms. The highest BCUT2D eigenvalue weighted by molar-refractivity contribution is 5.85. The van der Waals surface area contributed by atoms with E-state index in [4.69, 9.17) is 9.47 Å². The van der Waals surface area contributed by atoms with Crippen LogP contribution in [0.15, 0.2) is 24.3 Å². The van der Waals surface area contributed by atoms with Crippen LogP contribution >= 0.6 is 12.4 Å². The van der Waals surface area contributed by atoms with Crippen LogP contribution in [0.3, 0.4) is 0 Å². The number of halogens is 1. The molecular formula is C20H30ClN3O4. The third-order valence-corrected chi connectivity index (χ3v) is 5.31. The third kappa shape index (κ3) is 5.59. The van der Waals surface area contributed by atoms with Gasteiger partial charge in [0.2, 0.25) is 11.8 Å². The molecule has 1 aromatic carbocycles. The minimum atomic E-state index is -0.281. The van der Waals surface area contributed by atoms with Crippen LogP contribution in [0.25, 0.3) is 0 Å². The number of hydrogen-bond acceptors (Lipinski definition) is 5. The molecule has 0 bridgehead atoms. The van der Waals surface area contributed by atoms with Crippen LogP contribution < -0.4 is 10.1 Å². The number of hydrogen-bond donors (Lipinski definition) is 1. The maximum Gasteiger partial charge on any atom is 0.242 e. The summed E-state index contributed by atoms with van der Waals surface area (Å²) in [5.41, 5.74) is 1.12. The molecule has 2 aliphatic heterocycles. The standard InChI is InChI=1S/C20H29N3O4.ClH/c1-15-19(21-9-14-27-15)20(25)23-12-10-22(11-13-23)18(24)8-5-16-3-6-17(26-2)7-4-16;/h3-4,6-7,15,19,21H,5,8-14H2,1-2H3;1H/t15-,19+;/m1./s1. The zero-order valence-electron chi connectivity index (χ0n) is 16.6. The van der Waals surface area contributed by atoms with Gasteiger partial charge in [0.1, 0.15) is 11.8 Å². The lowest BCUT2D eigenvalue weighted by atomic mass is 10.1. The number of amides is 2. The summed E-state index contributed by atoms with van der Waals surface area (Å²) < 4.78 is 10.7. The van der Waals surface area contributed by atoms with E-state index >= 15 is 0 Å². The number of morpholine rings is 1. The Morgan fingerprint density at radius 3 is 2.39 bits per heavy atom. The minimum Gasteiger partial charge on any atom is -0.497 e. The molecule has 0 radical (unpaired) electrons. The molecule has 3 rings (SSSR count). The number of nitrogens with zero attached hydrogens (tertiary/aromatic N) is 2. The highest BCUT2D eigenvalue weighted by atomic mass is 35.5. The number of carbonyl (C=O) groups is 2. The van der Waals surface area contributed by atoms with Gasteiger partial charge < -0.3 is 24.6 Å². The van der Waals surface area contributed by atoms with Gasteiger partial charge in [-0.05, 0) is 31.0 Å². The summed E-state index contributed by atoms with van der Waals surface area (Å²) in [4.78, 5) is 28.9. The van der Waals surface area contributed by atoms with Crippen molar-refractivity contribution in [2.75, 3.05) is 46.4 Å². The van der Waals surface area contributed by atoms with Crippen molar-refractivity contribution in [1.29, 1.82) is 0 Å². The van der Waals surface area contributed by atoms with Gasteiger partial charge in [-0.2, -0.15) is 0 Å². The van der Waals surface area contributed by atoms with E-state index in [-0.39, 0.29) is 36.4 Å². The van der Waals surface area contributed by atoms with Crippen molar-refractivity contribution in [3.8, 4) is 5.75 Å². The maximum absolute atomic E-state index is 12.7. The number of carbonyl (C=O) groups excluding carboxylic acids is 2. The van der Waals surface area contributed by atoms with Crippen molar-refractivity contribution < 1.29 is 19.1 Å². The number of aryl methyl sites for hydroxylation is 1. The van der Waals surface area contributed by atoms with Crippen molar-refractivity contribution in [2.45, 2.75) is 31.9 Å². The molecule has 2 saturated heterocycles. The Labute approximate surface area is 172 Å². The fourth-order valence-electron chi connectivity index (χ4n) is 3.58. The average Bonchev–Trinajstić information content (AvgIpc) is 2.72. The lowest BCUT2D eigenvalue weighted by molar-refractivity contribution is -0.144. The van der Waals surface area contributed by atoms with Gasteiger partial charge in [0.25, 0.3) is 0 Å². The predicted molar refractivity (Wildman–Crippen MR) is 109 cm³/mol. The molecule has 1 aromatic rings. The molecule has 2 amide bonds. The van der Waals surface area contributed by atoms with Gasteiger partial charge in [0.15, 0.2) is 0 Å². The number of ether oxygens (including phenoxy) is 2. The Morgan fingerprint density at radius 2 is 1.79 bits per heavy atom. The molecule has 0 aliphatic carbocycles. The van der Waals surface area contributed by atoms with E-state index in [1.807, 2.05) is 41.0 Å². The van der Waals surface area contributed by atoms with Gasteiger partial charge in [-0.25, -0.2) is 0 Å². The summed E-state index contributed by atoms with van der Waals surface area (Å²) in [5.74, 6) is 1.04. The zero-order valence-corrected chi connectivity index (χ0v) is 17.4. The molecule has 0 aromatic heterocycles. The normalized spacial score (nSPS) is 22.4. The second-order valence-electron chi connectivity index (χ2n) is 7.06.